The van der Waals surface area contributed by atoms with Crippen LogP contribution in [0.15, 0.2) is 24.5 Å². The molecular weight excluding hydrogens is 680 g/mol. The van der Waals surface area contributed by atoms with Gasteiger partial charge in [-0.15, -0.1) is 0 Å². The summed E-state index contributed by atoms with van der Waals surface area (Å²) in [6.45, 7) is 6.89. The molecule has 20 heteroatoms. The summed E-state index contributed by atoms with van der Waals surface area (Å²) in [7, 11) is -1.85. The molecular formula is C30H48N8O11S. The van der Waals surface area contributed by atoms with Crippen molar-refractivity contribution >= 4 is 51.7 Å². The van der Waals surface area contributed by atoms with E-state index >= 15 is 0 Å². The molecule has 2 rings (SSSR count). The average Bonchev–Trinajstić information content (AvgIpc) is 3.52. The van der Waals surface area contributed by atoms with Crippen LogP contribution in [0.1, 0.15) is 70.2 Å². The number of aryl methyl sites for hydroxylation is 1. The summed E-state index contributed by atoms with van der Waals surface area (Å²) in [6, 6.07) is -1.89. The Balaban J connectivity index is 0.00000190. The molecule has 0 aromatic carbocycles. The Kier molecular flexibility index (Phi) is 17.4. The van der Waals surface area contributed by atoms with Gasteiger partial charge in [0.25, 0.3) is 5.91 Å². The molecule has 5 atom stereocenters. The maximum Gasteiger partial charge on any atom is 0.257 e. The highest BCUT2D eigenvalue weighted by atomic mass is 32.3. The Bertz CT molecular complexity index is 1510. The number of carbonyl (C=O) groups is 7. The Morgan fingerprint density at radius 2 is 1.52 bits per heavy atom. The summed E-state index contributed by atoms with van der Waals surface area (Å²) in [5.74, 6) is -4.40. The molecule has 1 aromatic rings. The van der Waals surface area contributed by atoms with Gasteiger partial charge >= 0.3 is 0 Å². The van der Waals surface area contributed by atoms with E-state index in [1.54, 1.807) is 36.1 Å². The van der Waals surface area contributed by atoms with E-state index in [2.05, 4.69) is 25.5 Å². The molecule has 1 saturated heterocycles. The molecule has 8 N–H and O–H groups in total. The maximum atomic E-state index is 13.4. The van der Waals surface area contributed by atoms with Gasteiger partial charge in [0, 0.05) is 19.0 Å². The van der Waals surface area contributed by atoms with Gasteiger partial charge in [0.1, 0.15) is 42.8 Å². The molecule has 0 radical (unpaired) electrons. The summed E-state index contributed by atoms with van der Waals surface area (Å²) in [5, 5.41) is 10.2. The molecule has 1 aromatic heterocycles. The molecule has 0 bridgehead atoms. The molecule has 0 saturated carbocycles. The first-order valence-corrected chi connectivity index (χ1v) is 17.1. The van der Waals surface area contributed by atoms with Gasteiger partial charge in [-0.3, -0.25) is 37.7 Å². The van der Waals surface area contributed by atoms with Crippen LogP contribution < -0.4 is 37.3 Å². The molecule has 0 unspecified atom stereocenters. The first-order chi connectivity index (χ1) is 23.2. The molecule has 1 fully saturated rings. The zero-order chi connectivity index (χ0) is 38.3. The highest BCUT2D eigenvalue weighted by molar-refractivity contribution is 7.80. The van der Waals surface area contributed by atoms with E-state index in [4.69, 9.17) is 11.5 Å². The molecule has 7 amide bonds. The van der Waals surface area contributed by atoms with Crippen molar-refractivity contribution in [2.45, 2.75) is 90.0 Å². The van der Waals surface area contributed by atoms with Gasteiger partial charge in [-0.2, -0.15) is 0 Å². The predicted molar refractivity (Wildman–Crippen MR) is 175 cm³/mol. The van der Waals surface area contributed by atoms with Crippen molar-refractivity contribution in [2.24, 2.45) is 24.4 Å². The van der Waals surface area contributed by atoms with Gasteiger partial charge in [-0.1, -0.05) is 13.8 Å². The van der Waals surface area contributed by atoms with E-state index in [1.165, 1.54) is 18.7 Å². The fraction of sp³-hybridized carbons (Fsp3) is 0.600. The fourth-order valence-corrected chi connectivity index (χ4v) is 4.82. The molecule has 19 nitrogen and oxygen atoms in total. The summed E-state index contributed by atoms with van der Waals surface area (Å²) < 4.78 is 32.7. The minimum atomic E-state index is -4.41. The number of hydrogen-bond donors (Lipinski definition) is 6. The van der Waals surface area contributed by atoms with Crippen LogP contribution in [-0.2, 0) is 50.4 Å². The van der Waals surface area contributed by atoms with Crippen LogP contribution in [0.2, 0.25) is 0 Å². The third-order valence-electron chi connectivity index (χ3n) is 7.40. The number of likely N-dealkylation sites (tertiary alicyclic amines) is 1. The molecule has 0 aliphatic carbocycles. The SMILES string of the molecule is CC(C)C[C@H](NC(=O)[C@H](CCC(N)=O)NC(=O)[C@H](C)NC(=O)[C@H](C)NC(=O)c1ccc[n+](C)c1)C(=O)N1CCC[C@H]1C(N)=O.COS(=O)(=O)[O-]. The smallest absolute Gasteiger partial charge is 0.257 e. The second-order valence-corrected chi connectivity index (χ2v) is 13.3. The Morgan fingerprint density at radius 3 is 2.04 bits per heavy atom. The Labute approximate surface area is 291 Å². The van der Waals surface area contributed by atoms with Crippen molar-refractivity contribution in [2.75, 3.05) is 13.7 Å². The van der Waals surface area contributed by atoms with Crippen LogP contribution in [0, 0.1) is 5.92 Å². The zero-order valence-corrected chi connectivity index (χ0v) is 29.8. The first kappa shape index (κ1) is 43.3. The summed E-state index contributed by atoms with van der Waals surface area (Å²) in [4.78, 5) is 89.7. The van der Waals surface area contributed by atoms with E-state index in [0.29, 0.717) is 24.9 Å². The highest BCUT2D eigenvalue weighted by Crippen LogP contribution is 2.20. The van der Waals surface area contributed by atoms with Gasteiger partial charge in [0.2, 0.25) is 45.8 Å². The van der Waals surface area contributed by atoms with Crippen LogP contribution in [-0.4, -0.2) is 103 Å². The lowest BCUT2D eigenvalue weighted by Crippen LogP contribution is -2.58. The third kappa shape index (κ3) is 15.2. The fourth-order valence-electron chi connectivity index (χ4n) is 4.82. The van der Waals surface area contributed by atoms with Crippen molar-refractivity contribution in [1.82, 2.24) is 26.2 Å². The number of primary amides is 2. The number of rotatable bonds is 16. The van der Waals surface area contributed by atoms with Crippen LogP contribution in [0.3, 0.4) is 0 Å². The Hall–Kier alpha value is -4.69. The zero-order valence-electron chi connectivity index (χ0n) is 29.0. The number of aromatic nitrogens is 1. The van der Waals surface area contributed by atoms with Crippen molar-refractivity contribution in [3.8, 4) is 0 Å². The summed E-state index contributed by atoms with van der Waals surface area (Å²) in [6.07, 6.45) is 4.21. The van der Waals surface area contributed by atoms with Crippen molar-refractivity contribution < 1.29 is 55.3 Å². The standard InChI is InChI=1S/C29H44N8O7.CH4O4S/c1-16(2)14-21(29(44)37-13-7-9-22(37)24(31)39)35-28(43)20(10-11-23(30)38)34-26(41)18(4)32-25(40)17(3)33-27(42)19-8-6-12-36(5)15-19;1-5-6(2,3)4/h6,8,12,15-18,20-22H,7,9-11,13-14H2,1-5H3,(H7-,30,31,32,33,34,35,38,39,40,41,42,43);1H3,(H,2,3,4)/t17-,18-,20-,21-,22-;/m0./s1. The normalized spacial score (nSPS) is 16.5. The lowest BCUT2D eigenvalue weighted by atomic mass is 10.0. The van der Waals surface area contributed by atoms with E-state index in [1.807, 2.05) is 13.8 Å². The summed E-state index contributed by atoms with van der Waals surface area (Å²) in [5.41, 5.74) is 11.1. The lowest BCUT2D eigenvalue weighted by molar-refractivity contribution is -0.671. The minimum absolute atomic E-state index is 0.0140. The van der Waals surface area contributed by atoms with E-state index in [0.717, 1.165) is 7.11 Å². The van der Waals surface area contributed by atoms with Gasteiger partial charge in [-0.05, 0) is 51.5 Å². The van der Waals surface area contributed by atoms with E-state index in [9.17, 15) is 46.5 Å². The summed E-state index contributed by atoms with van der Waals surface area (Å²) >= 11 is 0. The highest BCUT2D eigenvalue weighted by Gasteiger charge is 2.38. The number of pyridine rings is 1. The molecule has 1 aliphatic heterocycles. The van der Waals surface area contributed by atoms with Gasteiger partial charge in [0.15, 0.2) is 12.4 Å². The number of nitrogens with one attached hydrogen (secondary N) is 4. The van der Waals surface area contributed by atoms with Gasteiger partial charge in [-0.25, -0.2) is 13.0 Å². The maximum absolute atomic E-state index is 13.4. The minimum Gasteiger partial charge on any atom is -0.726 e. The van der Waals surface area contributed by atoms with E-state index in [-0.39, 0.29) is 25.2 Å². The molecule has 0 spiro atoms. The predicted octanol–water partition coefficient (Wildman–Crippen LogP) is -3.02. The van der Waals surface area contributed by atoms with E-state index < -0.39 is 82.0 Å². The third-order valence-corrected chi connectivity index (χ3v) is 7.81. The average molecular weight is 729 g/mol. The number of amides is 7. The van der Waals surface area contributed by atoms with Crippen LogP contribution in [0.4, 0.5) is 0 Å². The van der Waals surface area contributed by atoms with Crippen LogP contribution in [0.25, 0.3) is 0 Å². The topological polar surface area (TPSA) is 293 Å². The first-order valence-electron chi connectivity index (χ1n) is 15.7. The lowest BCUT2D eigenvalue weighted by Gasteiger charge is -2.30. The molecule has 1 aliphatic rings. The number of nitrogens with two attached hydrogens (primary N) is 2. The van der Waals surface area contributed by atoms with Gasteiger partial charge in [0.05, 0.1) is 7.11 Å². The Morgan fingerprint density at radius 1 is 0.960 bits per heavy atom. The van der Waals surface area contributed by atoms with Crippen molar-refractivity contribution in [1.29, 1.82) is 0 Å². The quantitative estimate of drug-likeness (QED) is 0.0566. The molecule has 50 heavy (non-hydrogen) atoms. The van der Waals surface area contributed by atoms with Crippen molar-refractivity contribution in [3.63, 3.8) is 0 Å². The number of carbonyl (C=O) groups excluding carboxylic acids is 7. The number of nitrogens with zero attached hydrogens (tertiary/aromatic N) is 2. The monoisotopic (exact) mass is 728 g/mol. The molecule has 280 valence electrons. The van der Waals surface area contributed by atoms with Crippen LogP contribution in [0.5, 0.6) is 0 Å². The second-order valence-electron chi connectivity index (χ2n) is 12.1. The largest absolute Gasteiger partial charge is 0.726 e. The second kappa shape index (κ2) is 20.1. The van der Waals surface area contributed by atoms with Gasteiger partial charge < -0.3 is 42.2 Å². The van der Waals surface area contributed by atoms with Crippen LogP contribution >= 0.6 is 0 Å². The molecule has 2 heterocycles. The van der Waals surface area contributed by atoms with Crippen molar-refractivity contribution in [3.05, 3.63) is 30.1 Å². The number of hydrogen-bond acceptors (Lipinski definition) is 11.